The van der Waals surface area contributed by atoms with Gasteiger partial charge < -0.3 is 5.43 Å². The van der Waals surface area contributed by atoms with E-state index in [1.807, 2.05) is 6.92 Å². The predicted molar refractivity (Wildman–Crippen MR) is 65.1 cm³/mol. The third-order valence-electron chi connectivity index (χ3n) is 3.06. The van der Waals surface area contributed by atoms with E-state index in [1.54, 1.807) is 0 Å². The zero-order valence-corrected chi connectivity index (χ0v) is 10.2. The monoisotopic (exact) mass is 220 g/mol. The van der Waals surface area contributed by atoms with Gasteiger partial charge in [0, 0.05) is 17.7 Å². The summed E-state index contributed by atoms with van der Waals surface area (Å²) in [6, 6.07) is 0. The highest BCUT2D eigenvalue weighted by molar-refractivity contribution is 5.47. The summed E-state index contributed by atoms with van der Waals surface area (Å²) in [7, 11) is 0. The van der Waals surface area contributed by atoms with Gasteiger partial charge in [-0.3, -0.25) is 0 Å². The highest BCUT2D eigenvalue weighted by Crippen LogP contribution is 2.33. The Kier molecular flexibility index (Phi) is 3.10. The average molecular weight is 220 g/mol. The maximum absolute atomic E-state index is 5.53. The summed E-state index contributed by atoms with van der Waals surface area (Å²) in [5.74, 6) is 8.44. The fourth-order valence-electron chi connectivity index (χ4n) is 2.11. The van der Waals surface area contributed by atoms with Crippen molar-refractivity contribution >= 4 is 5.82 Å². The van der Waals surface area contributed by atoms with Crippen molar-refractivity contribution in [2.75, 3.05) is 5.43 Å². The van der Waals surface area contributed by atoms with Gasteiger partial charge in [0.1, 0.15) is 11.6 Å². The minimum absolute atomic E-state index is 0.390. The van der Waals surface area contributed by atoms with E-state index in [0.29, 0.717) is 5.92 Å². The third kappa shape index (κ3) is 2.32. The average Bonchev–Trinajstić information content (AvgIpc) is 2.99. The van der Waals surface area contributed by atoms with Crippen molar-refractivity contribution in [3.8, 4) is 0 Å². The van der Waals surface area contributed by atoms with E-state index in [9.17, 15) is 0 Å². The normalized spacial score (nSPS) is 15.6. The molecule has 0 aromatic carbocycles. The highest BCUT2D eigenvalue weighted by Gasteiger charge is 2.24. The molecule has 16 heavy (non-hydrogen) atoms. The second kappa shape index (κ2) is 4.37. The van der Waals surface area contributed by atoms with Crippen molar-refractivity contribution in [3.63, 3.8) is 0 Å². The second-order valence-electron chi connectivity index (χ2n) is 4.93. The fraction of sp³-hybridized carbons (Fsp3) is 0.667. The first-order chi connectivity index (χ1) is 7.61. The molecule has 0 bridgehead atoms. The predicted octanol–water partition coefficient (Wildman–Crippen LogP) is 2.15. The van der Waals surface area contributed by atoms with Gasteiger partial charge in [0.05, 0.1) is 0 Å². The summed E-state index contributed by atoms with van der Waals surface area (Å²) in [4.78, 5) is 9.08. The first-order valence-electron chi connectivity index (χ1n) is 5.95. The summed E-state index contributed by atoms with van der Waals surface area (Å²) < 4.78 is 0. The van der Waals surface area contributed by atoms with Crippen LogP contribution in [0.25, 0.3) is 0 Å². The van der Waals surface area contributed by atoms with Crippen LogP contribution in [0, 0.1) is 12.8 Å². The van der Waals surface area contributed by atoms with E-state index in [2.05, 4.69) is 29.2 Å². The lowest BCUT2D eigenvalue weighted by Crippen LogP contribution is -2.15. The van der Waals surface area contributed by atoms with Crippen molar-refractivity contribution in [1.82, 2.24) is 9.97 Å². The van der Waals surface area contributed by atoms with Crippen LogP contribution in [0.1, 0.15) is 49.7 Å². The molecule has 1 saturated carbocycles. The highest BCUT2D eigenvalue weighted by atomic mass is 15.3. The molecule has 0 spiro atoms. The van der Waals surface area contributed by atoms with Crippen LogP contribution in [0.5, 0.6) is 0 Å². The van der Waals surface area contributed by atoms with Crippen molar-refractivity contribution in [2.24, 2.45) is 11.8 Å². The van der Waals surface area contributed by atoms with Gasteiger partial charge in [-0.2, -0.15) is 0 Å². The Labute approximate surface area is 96.6 Å². The smallest absolute Gasteiger partial charge is 0.147 e. The van der Waals surface area contributed by atoms with Gasteiger partial charge in [0.2, 0.25) is 0 Å². The molecule has 1 heterocycles. The van der Waals surface area contributed by atoms with E-state index >= 15 is 0 Å². The van der Waals surface area contributed by atoms with Gasteiger partial charge in [0.15, 0.2) is 0 Å². The van der Waals surface area contributed by atoms with E-state index in [-0.39, 0.29) is 0 Å². The molecule has 1 fully saturated rings. The molecule has 0 unspecified atom stereocenters. The van der Waals surface area contributed by atoms with Crippen molar-refractivity contribution in [2.45, 2.75) is 46.0 Å². The minimum atomic E-state index is 0.390. The SMILES string of the molecule is Cc1nc(CC2CC2)nc(NN)c1C(C)C. The van der Waals surface area contributed by atoms with E-state index in [0.717, 1.165) is 35.2 Å². The van der Waals surface area contributed by atoms with Crippen LogP contribution in [-0.2, 0) is 6.42 Å². The van der Waals surface area contributed by atoms with Crippen LogP contribution in [0.2, 0.25) is 0 Å². The number of hydrazine groups is 1. The molecule has 0 saturated heterocycles. The van der Waals surface area contributed by atoms with E-state index < -0.39 is 0 Å². The zero-order chi connectivity index (χ0) is 11.7. The molecule has 0 atom stereocenters. The number of nitrogens with one attached hydrogen (secondary N) is 1. The standard InChI is InChI=1S/C12H20N4/c1-7(2)11-8(3)14-10(6-9-4-5-9)15-12(11)16-13/h7,9H,4-6,13H2,1-3H3,(H,14,15,16). The van der Waals surface area contributed by atoms with Crippen LogP contribution < -0.4 is 11.3 Å². The topological polar surface area (TPSA) is 63.8 Å². The molecule has 0 amide bonds. The molecular weight excluding hydrogens is 200 g/mol. The van der Waals surface area contributed by atoms with E-state index in [4.69, 9.17) is 5.84 Å². The number of nitrogens with zero attached hydrogens (tertiary/aromatic N) is 2. The maximum Gasteiger partial charge on any atom is 0.147 e. The van der Waals surface area contributed by atoms with Crippen LogP contribution in [0.15, 0.2) is 0 Å². The Hall–Kier alpha value is -1.16. The van der Waals surface area contributed by atoms with Gasteiger partial charge in [-0.15, -0.1) is 0 Å². The van der Waals surface area contributed by atoms with Gasteiger partial charge in [0.25, 0.3) is 0 Å². The van der Waals surface area contributed by atoms with Crippen molar-refractivity contribution in [1.29, 1.82) is 0 Å². The van der Waals surface area contributed by atoms with Crippen LogP contribution in [0.3, 0.4) is 0 Å². The van der Waals surface area contributed by atoms with E-state index in [1.165, 1.54) is 12.8 Å². The molecule has 2 rings (SSSR count). The Morgan fingerprint density at radius 2 is 2.06 bits per heavy atom. The molecule has 0 aliphatic heterocycles. The number of nitrogen functional groups attached to an aromatic ring is 1. The lowest BCUT2D eigenvalue weighted by atomic mass is 10.0. The Balaban J connectivity index is 2.32. The first kappa shape index (κ1) is 11.3. The summed E-state index contributed by atoms with van der Waals surface area (Å²) in [5.41, 5.74) is 4.88. The third-order valence-corrected chi connectivity index (χ3v) is 3.06. The molecule has 88 valence electrons. The molecule has 4 nitrogen and oxygen atoms in total. The molecule has 1 aliphatic carbocycles. The van der Waals surface area contributed by atoms with Crippen LogP contribution >= 0.6 is 0 Å². The number of aryl methyl sites for hydroxylation is 1. The number of rotatable bonds is 4. The summed E-state index contributed by atoms with van der Waals surface area (Å²) >= 11 is 0. The number of anilines is 1. The van der Waals surface area contributed by atoms with Crippen molar-refractivity contribution < 1.29 is 0 Å². The van der Waals surface area contributed by atoms with Gasteiger partial charge in [-0.05, 0) is 31.6 Å². The number of hydrogen-bond donors (Lipinski definition) is 2. The molecule has 1 aromatic heterocycles. The summed E-state index contributed by atoms with van der Waals surface area (Å²) in [5, 5.41) is 0. The Morgan fingerprint density at radius 1 is 1.38 bits per heavy atom. The number of nitrogens with two attached hydrogens (primary N) is 1. The Bertz CT molecular complexity index is 383. The zero-order valence-electron chi connectivity index (χ0n) is 10.2. The molecule has 1 aromatic rings. The fourth-order valence-corrected chi connectivity index (χ4v) is 2.11. The number of hydrogen-bond acceptors (Lipinski definition) is 4. The number of aromatic nitrogens is 2. The molecule has 3 N–H and O–H groups in total. The first-order valence-corrected chi connectivity index (χ1v) is 5.95. The second-order valence-corrected chi connectivity index (χ2v) is 4.93. The molecular formula is C12H20N4. The summed E-state index contributed by atoms with van der Waals surface area (Å²) in [6.07, 6.45) is 3.63. The van der Waals surface area contributed by atoms with Gasteiger partial charge in [-0.25, -0.2) is 15.8 Å². The molecule has 1 aliphatic rings. The lowest BCUT2D eigenvalue weighted by Gasteiger charge is -2.15. The maximum atomic E-state index is 5.53. The minimum Gasteiger partial charge on any atom is -0.308 e. The summed E-state index contributed by atoms with van der Waals surface area (Å²) in [6.45, 7) is 6.30. The molecule has 4 heteroatoms. The van der Waals surface area contributed by atoms with Crippen LogP contribution in [0.4, 0.5) is 5.82 Å². The van der Waals surface area contributed by atoms with Crippen molar-refractivity contribution in [3.05, 3.63) is 17.1 Å². The lowest BCUT2D eigenvalue weighted by molar-refractivity contribution is 0.745. The van der Waals surface area contributed by atoms with Gasteiger partial charge >= 0.3 is 0 Å². The molecule has 0 radical (unpaired) electrons. The quantitative estimate of drug-likeness (QED) is 0.603. The largest absolute Gasteiger partial charge is 0.308 e. The Morgan fingerprint density at radius 3 is 2.56 bits per heavy atom. The van der Waals surface area contributed by atoms with Crippen LogP contribution in [-0.4, -0.2) is 9.97 Å². The van der Waals surface area contributed by atoms with Gasteiger partial charge in [-0.1, -0.05) is 13.8 Å².